The molecule has 0 fully saturated rings. The van der Waals surface area contributed by atoms with E-state index in [1.165, 1.54) is 19.2 Å². The van der Waals surface area contributed by atoms with E-state index in [0.717, 1.165) is 6.07 Å². The maximum Gasteiger partial charge on any atom is 0.416 e. The van der Waals surface area contributed by atoms with Crippen molar-refractivity contribution in [1.82, 2.24) is 0 Å². The van der Waals surface area contributed by atoms with Gasteiger partial charge in [-0.15, -0.1) is 0 Å². The number of anilines is 1. The van der Waals surface area contributed by atoms with E-state index in [4.69, 9.17) is 9.47 Å². The molecular weight excluding hydrogens is 465 g/mol. The van der Waals surface area contributed by atoms with Gasteiger partial charge in [0, 0.05) is 10.5 Å². The zero-order chi connectivity index (χ0) is 21.8. The first kappa shape index (κ1) is 22.1. The predicted octanol–water partition coefficient (Wildman–Crippen LogP) is 4.18. The van der Waals surface area contributed by atoms with Gasteiger partial charge in [0.25, 0.3) is 11.6 Å². The van der Waals surface area contributed by atoms with Gasteiger partial charge in [0.05, 0.1) is 23.2 Å². The number of esters is 1. The molecule has 0 spiro atoms. The van der Waals surface area contributed by atoms with E-state index >= 15 is 0 Å². The number of halogens is 4. The summed E-state index contributed by atoms with van der Waals surface area (Å²) in [5.41, 5.74) is -2.59. The van der Waals surface area contributed by atoms with Crippen LogP contribution in [0.15, 0.2) is 40.9 Å². The van der Waals surface area contributed by atoms with Crippen LogP contribution >= 0.6 is 15.9 Å². The molecule has 1 N–H and O–H groups in total. The van der Waals surface area contributed by atoms with Crippen molar-refractivity contribution < 1.29 is 37.2 Å². The molecule has 0 atom stereocenters. The maximum atomic E-state index is 12.7. The number of alkyl halides is 3. The van der Waals surface area contributed by atoms with E-state index < -0.39 is 46.5 Å². The summed E-state index contributed by atoms with van der Waals surface area (Å²) in [6, 6.07) is 6.11. The molecule has 0 saturated heterocycles. The monoisotopic (exact) mass is 476 g/mol. The van der Waals surface area contributed by atoms with E-state index in [2.05, 4.69) is 21.2 Å². The van der Waals surface area contributed by atoms with Gasteiger partial charge in [0.1, 0.15) is 11.4 Å². The fraction of sp³-hybridized carbons (Fsp3) is 0.176. The molecule has 0 aliphatic rings. The summed E-state index contributed by atoms with van der Waals surface area (Å²) in [7, 11) is 1.39. The summed E-state index contributed by atoms with van der Waals surface area (Å²) in [6.07, 6.45) is -4.78. The third-order valence-corrected chi connectivity index (χ3v) is 4.22. The number of hydrogen-bond acceptors (Lipinski definition) is 6. The number of benzene rings is 2. The molecule has 2 aromatic carbocycles. The number of nitro benzene ring substituents is 1. The van der Waals surface area contributed by atoms with Crippen molar-refractivity contribution in [1.29, 1.82) is 0 Å². The Balaban J connectivity index is 2.09. The predicted molar refractivity (Wildman–Crippen MR) is 97.7 cm³/mol. The van der Waals surface area contributed by atoms with Crippen LogP contribution < -0.4 is 10.1 Å². The summed E-state index contributed by atoms with van der Waals surface area (Å²) in [5, 5.41) is 13.1. The first-order valence-electron chi connectivity index (χ1n) is 7.69. The number of nitrogens with one attached hydrogen (secondary N) is 1. The van der Waals surface area contributed by atoms with Crippen molar-refractivity contribution in [3.8, 4) is 5.75 Å². The third kappa shape index (κ3) is 5.67. The van der Waals surface area contributed by atoms with E-state index in [9.17, 15) is 32.9 Å². The van der Waals surface area contributed by atoms with Crippen LogP contribution in [0.4, 0.5) is 24.5 Å². The van der Waals surface area contributed by atoms with Crippen LogP contribution in [0, 0.1) is 10.1 Å². The van der Waals surface area contributed by atoms with Crippen molar-refractivity contribution in [2.75, 3.05) is 19.0 Å². The lowest BCUT2D eigenvalue weighted by Crippen LogP contribution is -2.21. The molecule has 2 rings (SSSR count). The van der Waals surface area contributed by atoms with Gasteiger partial charge in [-0.3, -0.25) is 14.9 Å². The summed E-state index contributed by atoms with van der Waals surface area (Å²) >= 11 is 3.15. The average molecular weight is 477 g/mol. The highest BCUT2D eigenvalue weighted by atomic mass is 79.9. The Labute approximate surface area is 169 Å². The number of hydrogen-bond donors (Lipinski definition) is 1. The maximum absolute atomic E-state index is 12.7. The molecule has 12 heteroatoms. The lowest BCUT2D eigenvalue weighted by Gasteiger charge is -2.11. The van der Waals surface area contributed by atoms with Crippen molar-refractivity contribution in [3.63, 3.8) is 0 Å². The smallest absolute Gasteiger partial charge is 0.416 e. The minimum atomic E-state index is -4.78. The van der Waals surface area contributed by atoms with Gasteiger partial charge < -0.3 is 14.8 Å². The Bertz CT molecular complexity index is 965. The molecule has 0 saturated carbocycles. The van der Waals surface area contributed by atoms with Gasteiger partial charge in [0.15, 0.2) is 6.61 Å². The largest absolute Gasteiger partial charge is 0.497 e. The molecule has 29 heavy (non-hydrogen) atoms. The second-order valence-corrected chi connectivity index (χ2v) is 6.31. The molecule has 0 unspecified atom stereocenters. The number of carbonyl (C=O) groups is 2. The third-order valence-electron chi connectivity index (χ3n) is 3.52. The quantitative estimate of drug-likeness (QED) is 0.380. The first-order chi connectivity index (χ1) is 13.5. The Kier molecular flexibility index (Phi) is 6.80. The highest BCUT2D eigenvalue weighted by Crippen LogP contribution is 2.35. The number of nitrogens with zero attached hydrogens (tertiary/aromatic N) is 1. The minimum absolute atomic E-state index is 0.0673. The molecule has 0 heterocycles. The Hall–Kier alpha value is -3.15. The van der Waals surface area contributed by atoms with Crippen LogP contribution in [0.1, 0.15) is 15.9 Å². The highest BCUT2D eigenvalue weighted by molar-refractivity contribution is 9.10. The molecule has 1 amide bonds. The fourth-order valence-corrected chi connectivity index (χ4v) is 2.56. The second kappa shape index (κ2) is 8.90. The number of nitro groups is 1. The second-order valence-electron chi connectivity index (χ2n) is 5.46. The zero-order valence-corrected chi connectivity index (χ0v) is 16.2. The SMILES string of the molecule is COc1ccc(Br)c(C(=O)OCC(=O)Nc2ccc(C(F)(F)F)cc2[N+](=O)[O-])c1. The molecule has 8 nitrogen and oxygen atoms in total. The normalized spacial score (nSPS) is 10.9. The molecule has 0 bridgehead atoms. The van der Waals surface area contributed by atoms with Crippen LogP contribution in [-0.4, -0.2) is 30.5 Å². The van der Waals surface area contributed by atoms with E-state index in [1.54, 1.807) is 6.07 Å². The molecule has 0 radical (unpaired) electrons. The van der Waals surface area contributed by atoms with Gasteiger partial charge in [0.2, 0.25) is 0 Å². The Morgan fingerprint density at radius 2 is 1.90 bits per heavy atom. The standard InChI is InChI=1S/C17H12BrF3N2O6/c1-28-10-3-4-12(18)11(7-10)16(25)29-8-15(24)22-13-5-2-9(17(19,20)21)6-14(13)23(26)27/h2-7H,8H2,1H3,(H,22,24). The van der Waals surface area contributed by atoms with Gasteiger partial charge in [-0.2, -0.15) is 13.2 Å². The lowest BCUT2D eigenvalue weighted by molar-refractivity contribution is -0.384. The summed E-state index contributed by atoms with van der Waals surface area (Å²) < 4.78 is 48.3. The number of methoxy groups -OCH3 is 1. The van der Waals surface area contributed by atoms with Crippen molar-refractivity contribution in [2.45, 2.75) is 6.18 Å². The van der Waals surface area contributed by atoms with Gasteiger partial charge in [-0.05, 0) is 46.3 Å². The summed E-state index contributed by atoms with van der Waals surface area (Å²) in [6.45, 7) is -0.819. The van der Waals surface area contributed by atoms with Crippen LogP contribution in [0.3, 0.4) is 0 Å². The topological polar surface area (TPSA) is 108 Å². The van der Waals surface area contributed by atoms with E-state index in [-0.39, 0.29) is 5.56 Å². The number of rotatable bonds is 6. The van der Waals surface area contributed by atoms with Crippen molar-refractivity contribution in [2.24, 2.45) is 0 Å². The molecule has 0 aromatic heterocycles. The fourth-order valence-electron chi connectivity index (χ4n) is 2.15. The Morgan fingerprint density at radius 3 is 2.48 bits per heavy atom. The van der Waals surface area contributed by atoms with Crippen LogP contribution in [-0.2, 0) is 15.7 Å². The molecule has 0 aliphatic heterocycles. The van der Waals surface area contributed by atoms with E-state index in [1.807, 2.05) is 0 Å². The van der Waals surface area contributed by atoms with Crippen LogP contribution in [0.25, 0.3) is 0 Å². The van der Waals surface area contributed by atoms with Gasteiger partial charge in [-0.25, -0.2) is 4.79 Å². The molecular formula is C17H12BrF3N2O6. The van der Waals surface area contributed by atoms with Crippen LogP contribution in [0.2, 0.25) is 0 Å². The first-order valence-corrected chi connectivity index (χ1v) is 8.48. The van der Waals surface area contributed by atoms with Gasteiger partial charge >= 0.3 is 12.1 Å². The summed E-state index contributed by atoms with van der Waals surface area (Å²) in [4.78, 5) is 34.0. The highest BCUT2D eigenvalue weighted by Gasteiger charge is 2.33. The minimum Gasteiger partial charge on any atom is -0.497 e. The lowest BCUT2D eigenvalue weighted by atomic mass is 10.1. The van der Waals surface area contributed by atoms with E-state index in [0.29, 0.717) is 22.4 Å². The van der Waals surface area contributed by atoms with Crippen LogP contribution in [0.5, 0.6) is 5.75 Å². The summed E-state index contributed by atoms with van der Waals surface area (Å²) in [5.74, 6) is -1.49. The number of amides is 1. The number of ether oxygens (including phenoxy) is 2. The molecule has 154 valence electrons. The molecule has 0 aliphatic carbocycles. The average Bonchev–Trinajstić information content (AvgIpc) is 2.65. The molecule has 2 aromatic rings. The zero-order valence-electron chi connectivity index (χ0n) is 14.6. The van der Waals surface area contributed by atoms with Crippen molar-refractivity contribution in [3.05, 3.63) is 62.1 Å². The van der Waals surface area contributed by atoms with Crippen molar-refractivity contribution >= 4 is 39.2 Å². The number of carbonyl (C=O) groups excluding carboxylic acids is 2. The van der Waals surface area contributed by atoms with Gasteiger partial charge in [-0.1, -0.05) is 0 Å². The Morgan fingerprint density at radius 1 is 1.21 bits per heavy atom.